The molecule has 0 saturated carbocycles. The van der Waals surface area contributed by atoms with Gasteiger partial charge < -0.3 is 10.1 Å². The van der Waals surface area contributed by atoms with Crippen LogP contribution in [0.2, 0.25) is 0 Å². The zero-order valence-corrected chi connectivity index (χ0v) is 23.3. The third-order valence-electron chi connectivity index (χ3n) is 6.71. The molecule has 200 valence electrons. The number of ether oxygens (including phenoxy) is 1. The van der Waals surface area contributed by atoms with Crippen LogP contribution in [0.25, 0.3) is 28.1 Å². The van der Waals surface area contributed by atoms with Crippen molar-refractivity contribution in [2.24, 2.45) is 0 Å². The standard InChI is InChI=1S/C34H31N3O3/c1-21-10-13-27(14-11-21)33(39)35-29-17-15-26(16-18-29)31-32(28-8-6-7-22(2)19-28)36-37(34(31)40-25(5)38)30-20-23(3)9-12-24(30)4/h6-20H,1-5H3,(H,35,39). The first-order valence-corrected chi connectivity index (χ1v) is 13.1. The van der Waals surface area contributed by atoms with Crippen molar-refractivity contribution < 1.29 is 14.3 Å². The van der Waals surface area contributed by atoms with E-state index < -0.39 is 5.97 Å². The molecule has 0 unspecified atom stereocenters. The molecule has 1 N–H and O–H groups in total. The molecule has 0 spiro atoms. The van der Waals surface area contributed by atoms with Gasteiger partial charge in [-0.05, 0) is 80.8 Å². The molecule has 0 fully saturated rings. The van der Waals surface area contributed by atoms with Gasteiger partial charge in [-0.25, -0.2) is 0 Å². The topological polar surface area (TPSA) is 73.2 Å². The number of esters is 1. The van der Waals surface area contributed by atoms with E-state index >= 15 is 0 Å². The first-order chi connectivity index (χ1) is 19.2. The first-order valence-electron chi connectivity index (χ1n) is 13.1. The van der Waals surface area contributed by atoms with Gasteiger partial charge in [-0.3, -0.25) is 9.59 Å². The van der Waals surface area contributed by atoms with Gasteiger partial charge in [0.15, 0.2) is 0 Å². The Kier molecular flexibility index (Phi) is 7.34. The third kappa shape index (κ3) is 5.57. The Labute approximate surface area is 234 Å². The molecule has 0 aliphatic carbocycles. The second-order valence-electron chi connectivity index (χ2n) is 10.1. The van der Waals surface area contributed by atoms with Crippen LogP contribution in [0.3, 0.4) is 0 Å². The van der Waals surface area contributed by atoms with Crippen molar-refractivity contribution in [3.63, 3.8) is 0 Å². The van der Waals surface area contributed by atoms with Crippen molar-refractivity contribution in [2.75, 3.05) is 5.32 Å². The Morgan fingerprint density at radius 3 is 2.10 bits per heavy atom. The monoisotopic (exact) mass is 529 g/mol. The van der Waals surface area contributed by atoms with Crippen LogP contribution in [0.4, 0.5) is 5.69 Å². The molecule has 0 aliphatic heterocycles. The predicted molar refractivity (Wildman–Crippen MR) is 159 cm³/mol. The van der Waals surface area contributed by atoms with Crippen LogP contribution in [0.15, 0.2) is 91.0 Å². The van der Waals surface area contributed by atoms with Gasteiger partial charge in [-0.1, -0.05) is 65.7 Å². The van der Waals surface area contributed by atoms with Crippen LogP contribution in [0.1, 0.15) is 39.5 Å². The van der Waals surface area contributed by atoms with Crippen molar-refractivity contribution in [3.8, 4) is 34.0 Å². The summed E-state index contributed by atoms with van der Waals surface area (Å²) < 4.78 is 7.58. The van der Waals surface area contributed by atoms with Crippen LogP contribution >= 0.6 is 0 Å². The summed E-state index contributed by atoms with van der Waals surface area (Å²) in [7, 11) is 0. The summed E-state index contributed by atoms with van der Waals surface area (Å²) >= 11 is 0. The minimum Gasteiger partial charge on any atom is -0.407 e. The molecule has 40 heavy (non-hydrogen) atoms. The summed E-state index contributed by atoms with van der Waals surface area (Å²) in [6.07, 6.45) is 0. The maximum Gasteiger partial charge on any atom is 0.309 e. The number of aromatic nitrogens is 2. The Bertz CT molecular complexity index is 1720. The minimum atomic E-state index is -0.439. The lowest BCUT2D eigenvalue weighted by Crippen LogP contribution is -2.11. The maximum atomic E-state index is 12.8. The summed E-state index contributed by atoms with van der Waals surface area (Å²) in [6, 6.07) is 29.1. The number of carbonyl (C=O) groups excluding carboxylic acids is 2. The molecule has 5 rings (SSSR count). The molecule has 6 nitrogen and oxygen atoms in total. The van der Waals surface area contributed by atoms with Gasteiger partial charge >= 0.3 is 5.97 Å². The fourth-order valence-electron chi connectivity index (χ4n) is 4.63. The molecular formula is C34H31N3O3. The first kappa shape index (κ1) is 26.6. The minimum absolute atomic E-state index is 0.184. The highest BCUT2D eigenvalue weighted by atomic mass is 16.5. The zero-order valence-electron chi connectivity index (χ0n) is 23.3. The maximum absolute atomic E-state index is 12.8. The van der Waals surface area contributed by atoms with E-state index in [2.05, 4.69) is 11.4 Å². The van der Waals surface area contributed by atoms with E-state index in [1.165, 1.54) is 6.92 Å². The third-order valence-corrected chi connectivity index (χ3v) is 6.71. The second-order valence-corrected chi connectivity index (χ2v) is 10.1. The van der Waals surface area contributed by atoms with Gasteiger partial charge in [-0.2, -0.15) is 9.78 Å². The van der Waals surface area contributed by atoms with Crippen LogP contribution < -0.4 is 10.1 Å². The Hall–Kier alpha value is -4.97. The molecule has 0 saturated heterocycles. The molecule has 5 aromatic rings. The van der Waals surface area contributed by atoms with Crippen molar-refractivity contribution in [1.29, 1.82) is 0 Å². The van der Waals surface area contributed by atoms with E-state index in [1.54, 1.807) is 16.8 Å². The highest BCUT2D eigenvalue weighted by Crippen LogP contribution is 2.42. The van der Waals surface area contributed by atoms with E-state index in [1.807, 2.05) is 100 Å². The lowest BCUT2D eigenvalue weighted by Gasteiger charge is -2.12. The van der Waals surface area contributed by atoms with E-state index in [0.717, 1.165) is 39.1 Å². The number of anilines is 1. The van der Waals surface area contributed by atoms with Crippen LogP contribution in [-0.2, 0) is 4.79 Å². The molecule has 0 aliphatic rings. The molecule has 6 heteroatoms. The number of carbonyl (C=O) groups is 2. The summed E-state index contributed by atoms with van der Waals surface area (Å²) in [4.78, 5) is 25.1. The van der Waals surface area contributed by atoms with Gasteiger partial charge in [0.05, 0.1) is 11.3 Å². The van der Waals surface area contributed by atoms with E-state index in [9.17, 15) is 9.59 Å². The molecule has 1 heterocycles. The molecule has 0 atom stereocenters. The van der Waals surface area contributed by atoms with Crippen LogP contribution in [-0.4, -0.2) is 21.7 Å². The van der Waals surface area contributed by atoms with Gasteiger partial charge in [0.2, 0.25) is 5.88 Å². The zero-order chi connectivity index (χ0) is 28.4. The van der Waals surface area contributed by atoms with Crippen LogP contribution in [0, 0.1) is 27.7 Å². The highest BCUT2D eigenvalue weighted by Gasteiger charge is 2.25. The van der Waals surface area contributed by atoms with Crippen LogP contribution in [0.5, 0.6) is 5.88 Å². The SMILES string of the molecule is CC(=O)Oc1c(-c2ccc(NC(=O)c3ccc(C)cc3)cc2)c(-c2cccc(C)c2)nn1-c1cc(C)ccc1C. The fourth-order valence-corrected chi connectivity index (χ4v) is 4.63. The van der Waals surface area contributed by atoms with Gasteiger partial charge in [-0.15, -0.1) is 0 Å². The largest absolute Gasteiger partial charge is 0.407 e. The number of nitrogens with one attached hydrogen (secondary N) is 1. The lowest BCUT2D eigenvalue weighted by molar-refractivity contribution is -0.132. The summed E-state index contributed by atoms with van der Waals surface area (Å²) in [6.45, 7) is 9.43. The lowest BCUT2D eigenvalue weighted by atomic mass is 9.99. The molecule has 0 bridgehead atoms. The Morgan fingerprint density at radius 2 is 1.43 bits per heavy atom. The number of hydrogen-bond donors (Lipinski definition) is 1. The number of hydrogen-bond acceptors (Lipinski definition) is 4. The van der Waals surface area contributed by atoms with E-state index in [4.69, 9.17) is 9.84 Å². The fraction of sp³-hybridized carbons (Fsp3) is 0.147. The number of rotatable bonds is 6. The van der Waals surface area contributed by atoms with E-state index in [-0.39, 0.29) is 5.91 Å². The predicted octanol–water partition coefficient (Wildman–Crippen LogP) is 7.62. The Balaban J connectivity index is 1.63. The van der Waals surface area contributed by atoms with Gasteiger partial charge in [0.25, 0.3) is 5.91 Å². The van der Waals surface area contributed by atoms with Gasteiger partial charge in [0, 0.05) is 23.7 Å². The van der Waals surface area contributed by atoms with Crippen molar-refractivity contribution in [1.82, 2.24) is 9.78 Å². The molecule has 4 aromatic carbocycles. The Morgan fingerprint density at radius 1 is 0.750 bits per heavy atom. The van der Waals surface area contributed by atoms with Crippen molar-refractivity contribution in [3.05, 3.63) is 119 Å². The quantitative estimate of drug-likeness (QED) is 0.230. The average molecular weight is 530 g/mol. The number of nitrogens with zero attached hydrogens (tertiary/aromatic N) is 2. The number of aryl methyl sites for hydroxylation is 4. The average Bonchev–Trinajstić information content (AvgIpc) is 3.29. The smallest absolute Gasteiger partial charge is 0.309 e. The van der Waals surface area contributed by atoms with Crippen molar-refractivity contribution in [2.45, 2.75) is 34.6 Å². The van der Waals surface area contributed by atoms with E-state index in [0.29, 0.717) is 28.4 Å². The highest BCUT2D eigenvalue weighted by molar-refractivity contribution is 6.04. The molecule has 1 aromatic heterocycles. The summed E-state index contributed by atoms with van der Waals surface area (Å²) in [5, 5.41) is 7.97. The normalized spacial score (nSPS) is 10.8. The number of amides is 1. The number of benzene rings is 4. The van der Waals surface area contributed by atoms with Gasteiger partial charge in [0.1, 0.15) is 5.69 Å². The molecule has 1 amide bonds. The molecular weight excluding hydrogens is 498 g/mol. The summed E-state index contributed by atoms with van der Waals surface area (Å²) in [5.74, 6) is -0.281. The summed E-state index contributed by atoms with van der Waals surface area (Å²) in [5.41, 5.74) is 9.42. The van der Waals surface area contributed by atoms with Crippen molar-refractivity contribution >= 4 is 17.6 Å². The second kappa shape index (κ2) is 11.0. The molecule has 0 radical (unpaired) electrons.